The summed E-state index contributed by atoms with van der Waals surface area (Å²) >= 11 is 0. The minimum absolute atomic E-state index is 0.0717. The molecule has 0 saturated carbocycles. The Morgan fingerprint density at radius 2 is 1.96 bits per heavy atom. The molecule has 0 aliphatic rings. The molecular weight excluding hydrogens is 377 g/mol. The first kappa shape index (κ1) is 19.3. The fourth-order valence-corrected chi connectivity index (χ4v) is 2.48. The highest BCUT2D eigenvalue weighted by atomic mass is 19.3. The van der Waals surface area contributed by atoms with Crippen LogP contribution in [0.3, 0.4) is 0 Å². The first-order valence-corrected chi connectivity index (χ1v) is 8.07. The number of esters is 1. The SMILES string of the molecule is COc1cccc(COC(=O)c2cnn(-c3ccccc3F)c2)c1OC(F)F. The van der Waals surface area contributed by atoms with Crippen LogP contribution < -0.4 is 9.47 Å². The third-order valence-electron chi connectivity index (χ3n) is 3.76. The van der Waals surface area contributed by atoms with Crippen molar-refractivity contribution < 1.29 is 32.2 Å². The van der Waals surface area contributed by atoms with Crippen molar-refractivity contribution in [1.82, 2.24) is 9.78 Å². The summed E-state index contributed by atoms with van der Waals surface area (Å²) in [6.07, 6.45) is 2.53. The average Bonchev–Trinajstić information content (AvgIpc) is 3.17. The van der Waals surface area contributed by atoms with Crippen LogP contribution in [-0.4, -0.2) is 29.5 Å². The Morgan fingerprint density at radius 1 is 1.18 bits per heavy atom. The molecule has 2 aromatic carbocycles. The van der Waals surface area contributed by atoms with Crippen molar-refractivity contribution in [2.75, 3.05) is 7.11 Å². The van der Waals surface area contributed by atoms with Gasteiger partial charge in [0.25, 0.3) is 0 Å². The maximum absolute atomic E-state index is 13.8. The first-order chi connectivity index (χ1) is 13.5. The number of alkyl halides is 2. The monoisotopic (exact) mass is 392 g/mol. The standard InChI is InChI=1S/C19H15F3N2O4/c1-26-16-8-4-5-12(17(16)28-19(21)22)11-27-18(25)13-9-23-24(10-13)15-7-3-2-6-14(15)20/h2-10,19H,11H2,1H3. The van der Waals surface area contributed by atoms with Crippen molar-refractivity contribution in [3.63, 3.8) is 0 Å². The fraction of sp³-hybridized carbons (Fsp3) is 0.158. The number of para-hydroxylation sites is 2. The van der Waals surface area contributed by atoms with Gasteiger partial charge in [-0.25, -0.2) is 13.9 Å². The zero-order valence-corrected chi connectivity index (χ0v) is 14.6. The van der Waals surface area contributed by atoms with Crippen LogP contribution in [0.2, 0.25) is 0 Å². The Labute approximate surface area is 158 Å². The lowest BCUT2D eigenvalue weighted by atomic mass is 10.2. The summed E-state index contributed by atoms with van der Waals surface area (Å²) < 4.78 is 54.9. The second-order valence-electron chi connectivity index (χ2n) is 5.53. The van der Waals surface area contributed by atoms with Gasteiger partial charge in [0.05, 0.1) is 18.9 Å². The highest BCUT2D eigenvalue weighted by Gasteiger charge is 2.18. The van der Waals surface area contributed by atoms with E-state index < -0.39 is 18.4 Å². The molecule has 0 saturated heterocycles. The smallest absolute Gasteiger partial charge is 0.387 e. The molecule has 0 N–H and O–H groups in total. The molecule has 0 spiro atoms. The number of ether oxygens (including phenoxy) is 3. The van der Waals surface area contributed by atoms with Crippen LogP contribution in [0, 0.1) is 5.82 Å². The van der Waals surface area contributed by atoms with Crippen LogP contribution in [0.1, 0.15) is 15.9 Å². The molecule has 0 atom stereocenters. The molecule has 146 valence electrons. The second kappa shape index (κ2) is 8.47. The molecule has 0 unspecified atom stereocenters. The number of hydrogen-bond donors (Lipinski definition) is 0. The van der Waals surface area contributed by atoms with Gasteiger partial charge >= 0.3 is 12.6 Å². The molecule has 0 bridgehead atoms. The lowest BCUT2D eigenvalue weighted by molar-refractivity contribution is -0.0524. The van der Waals surface area contributed by atoms with Crippen LogP contribution >= 0.6 is 0 Å². The van der Waals surface area contributed by atoms with Crippen molar-refractivity contribution in [2.45, 2.75) is 13.2 Å². The molecule has 28 heavy (non-hydrogen) atoms. The van der Waals surface area contributed by atoms with Crippen molar-refractivity contribution in [2.24, 2.45) is 0 Å². The molecule has 3 rings (SSSR count). The van der Waals surface area contributed by atoms with Gasteiger partial charge in [-0.1, -0.05) is 24.3 Å². The largest absolute Gasteiger partial charge is 0.493 e. The molecule has 0 aliphatic carbocycles. The predicted molar refractivity (Wildman–Crippen MR) is 92.3 cm³/mol. The maximum atomic E-state index is 13.8. The van der Waals surface area contributed by atoms with Crippen LogP contribution in [0.5, 0.6) is 11.5 Å². The zero-order chi connectivity index (χ0) is 20.1. The number of methoxy groups -OCH3 is 1. The van der Waals surface area contributed by atoms with Crippen LogP contribution in [0.15, 0.2) is 54.9 Å². The number of aromatic nitrogens is 2. The molecule has 0 aliphatic heterocycles. The molecule has 0 amide bonds. The van der Waals surface area contributed by atoms with E-state index in [0.717, 1.165) is 0 Å². The van der Waals surface area contributed by atoms with Crippen molar-refractivity contribution in [3.8, 4) is 17.2 Å². The topological polar surface area (TPSA) is 62.6 Å². The van der Waals surface area contributed by atoms with Crippen molar-refractivity contribution in [1.29, 1.82) is 0 Å². The average molecular weight is 392 g/mol. The van der Waals surface area contributed by atoms with Crippen LogP contribution in [-0.2, 0) is 11.3 Å². The molecule has 3 aromatic rings. The minimum Gasteiger partial charge on any atom is -0.493 e. The molecule has 9 heteroatoms. The normalized spacial score (nSPS) is 10.8. The Kier molecular flexibility index (Phi) is 5.83. The summed E-state index contributed by atoms with van der Waals surface area (Å²) in [5.41, 5.74) is 0.443. The van der Waals surface area contributed by atoms with Crippen LogP contribution in [0.25, 0.3) is 5.69 Å². The van der Waals surface area contributed by atoms with E-state index in [-0.39, 0.29) is 34.9 Å². The Morgan fingerprint density at radius 3 is 2.68 bits per heavy atom. The summed E-state index contributed by atoms with van der Waals surface area (Å²) in [6.45, 7) is -3.40. The van der Waals surface area contributed by atoms with E-state index in [1.807, 2.05) is 0 Å². The molecule has 0 fully saturated rings. The van der Waals surface area contributed by atoms with E-state index in [2.05, 4.69) is 9.84 Å². The highest BCUT2D eigenvalue weighted by molar-refractivity contribution is 5.88. The molecule has 0 radical (unpaired) electrons. The van der Waals surface area contributed by atoms with E-state index in [9.17, 15) is 18.0 Å². The Balaban J connectivity index is 1.74. The van der Waals surface area contributed by atoms with Gasteiger partial charge in [-0.2, -0.15) is 13.9 Å². The van der Waals surface area contributed by atoms with Gasteiger partial charge in [0.15, 0.2) is 11.5 Å². The Hall–Kier alpha value is -3.49. The molecule has 1 aromatic heterocycles. The third-order valence-corrected chi connectivity index (χ3v) is 3.76. The van der Waals surface area contributed by atoms with Gasteiger partial charge in [0.2, 0.25) is 0 Å². The predicted octanol–water partition coefficient (Wildman–Crippen LogP) is 3.98. The summed E-state index contributed by atoms with van der Waals surface area (Å²) in [5.74, 6) is -1.39. The lowest BCUT2D eigenvalue weighted by Crippen LogP contribution is -2.09. The maximum Gasteiger partial charge on any atom is 0.387 e. The van der Waals surface area contributed by atoms with E-state index in [0.29, 0.717) is 0 Å². The number of halogens is 3. The van der Waals surface area contributed by atoms with Gasteiger partial charge in [-0.05, 0) is 18.2 Å². The van der Waals surface area contributed by atoms with E-state index in [1.165, 1.54) is 54.5 Å². The number of nitrogens with zero attached hydrogens (tertiary/aromatic N) is 2. The summed E-state index contributed by atoms with van der Waals surface area (Å²) in [7, 11) is 1.31. The van der Waals surface area contributed by atoms with Gasteiger partial charge < -0.3 is 14.2 Å². The highest BCUT2D eigenvalue weighted by Crippen LogP contribution is 2.33. The summed E-state index contributed by atoms with van der Waals surface area (Å²) in [6, 6.07) is 10.4. The molecule has 6 nitrogen and oxygen atoms in total. The second-order valence-corrected chi connectivity index (χ2v) is 5.53. The number of benzene rings is 2. The van der Waals surface area contributed by atoms with Gasteiger partial charge in [-0.3, -0.25) is 0 Å². The summed E-state index contributed by atoms with van der Waals surface area (Å²) in [5, 5.41) is 3.94. The minimum atomic E-state index is -3.07. The van der Waals surface area contributed by atoms with Crippen molar-refractivity contribution in [3.05, 3.63) is 71.8 Å². The van der Waals surface area contributed by atoms with Gasteiger partial charge in [0.1, 0.15) is 18.1 Å². The Bertz CT molecular complexity index is 975. The number of carbonyl (C=O) groups is 1. The lowest BCUT2D eigenvalue weighted by Gasteiger charge is -2.14. The van der Waals surface area contributed by atoms with Crippen LogP contribution in [0.4, 0.5) is 13.2 Å². The van der Waals surface area contributed by atoms with E-state index >= 15 is 0 Å². The summed E-state index contributed by atoms with van der Waals surface area (Å²) in [4.78, 5) is 12.2. The molecule has 1 heterocycles. The van der Waals surface area contributed by atoms with Gasteiger partial charge in [0, 0.05) is 11.8 Å². The fourth-order valence-electron chi connectivity index (χ4n) is 2.48. The van der Waals surface area contributed by atoms with Gasteiger partial charge in [-0.15, -0.1) is 0 Å². The molecular formula is C19H15F3N2O4. The van der Waals surface area contributed by atoms with E-state index in [1.54, 1.807) is 12.1 Å². The first-order valence-electron chi connectivity index (χ1n) is 8.07. The number of carbonyl (C=O) groups excluding carboxylic acids is 1. The number of rotatable bonds is 7. The van der Waals surface area contributed by atoms with Crippen molar-refractivity contribution >= 4 is 5.97 Å². The third kappa shape index (κ3) is 4.25. The number of hydrogen-bond acceptors (Lipinski definition) is 5. The zero-order valence-electron chi connectivity index (χ0n) is 14.6. The quantitative estimate of drug-likeness (QED) is 0.569. The van der Waals surface area contributed by atoms with E-state index in [4.69, 9.17) is 9.47 Å².